The molecule has 2 aliphatic rings. The van der Waals surface area contributed by atoms with Crippen molar-refractivity contribution in [1.82, 2.24) is 19.9 Å². The maximum absolute atomic E-state index is 12.8. The van der Waals surface area contributed by atoms with Crippen LogP contribution in [0.3, 0.4) is 0 Å². The van der Waals surface area contributed by atoms with Crippen LogP contribution in [-0.2, 0) is 11.3 Å². The van der Waals surface area contributed by atoms with E-state index >= 15 is 0 Å². The lowest BCUT2D eigenvalue weighted by molar-refractivity contribution is -0.122. The summed E-state index contributed by atoms with van der Waals surface area (Å²) in [6.45, 7) is 1.87. The van der Waals surface area contributed by atoms with E-state index in [1.165, 1.54) is 15.9 Å². The van der Waals surface area contributed by atoms with Crippen LogP contribution in [0.5, 0.6) is 0 Å². The van der Waals surface area contributed by atoms with Crippen LogP contribution >= 0.6 is 11.3 Å². The molecular weight excluding hydrogens is 390 g/mol. The molecule has 1 aliphatic carbocycles. The van der Waals surface area contributed by atoms with Gasteiger partial charge in [-0.05, 0) is 37.8 Å². The van der Waals surface area contributed by atoms with Crippen molar-refractivity contribution in [3.05, 3.63) is 28.9 Å². The Morgan fingerprint density at radius 3 is 2.72 bits per heavy atom. The summed E-state index contributed by atoms with van der Waals surface area (Å²) < 4.78 is 6.94. The van der Waals surface area contributed by atoms with Gasteiger partial charge in [0.25, 0.3) is 0 Å². The van der Waals surface area contributed by atoms with Crippen molar-refractivity contribution >= 4 is 32.7 Å². The molecule has 1 N–H and O–H groups in total. The first-order chi connectivity index (χ1) is 14.2. The number of carbonyl (C=O) groups excluding carboxylic acids is 1. The lowest BCUT2D eigenvalue weighted by Crippen LogP contribution is -2.38. The van der Waals surface area contributed by atoms with Gasteiger partial charge in [-0.25, -0.2) is 9.78 Å². The first-order valence-electron chi connectivity index (χ1n) is 10.2. The van der Waals surface area contributed by atoms with Crippen LogP contribution in [0.25, 0.3) is 21.8 Å². The molecule has 8 nitrogen and oxygen atoms in total. The number of nitrogens with zero attached hydrogens (tertiary/aromatic N) is 4. The summed E-state index contributed by atoms with van der Waals surface area (Å²) in [6.07, 6.45) is 8.12. The molecule has 1 aliphatic heterocycles. The van der Waals surface area contributed by atoms with Crippen molar-refractivity contribution in [2.75, 3.05) is 18.0 Å². The predicted molar refractivity (Wildman–Crippen MR) is 111 cm³/mol. The van der Waals surface area contributed by atoms with Gasteiger partial charge in [0.2, 0.25) is 5.91 Å². The number of hydrogen-bond acceptors (Lipinski definition) is 7. The average Bonchev–Trinajstić information content (AvgIpc) is 3.49. The summed E-state index contributed by atoms with van der Waals surface area (Å²) in [4.78, 5) is 37.4. The Morgan fingerprint density at radius 1 is 1.21 bits per heavy atom. The van der Waals surface area contributed by atoms with Gasteiger partial charge < -0.3 is 14.6 Å². The largest absolute Gasteiger partial charge is 0.463 e. The number of thiazole rings is 1. The number of furan rings is 1. The van der Waals surface area contributed by atoms with E-state index in [2.05, 4.69) is 15.2 Å². The molecule has 5 rings (SSSR count). The Bertz CT molecular complexity index is 1080. The molecule has 152 valence electrons. The van der Waals surface area contributed by atoms with Gasteiger partial charge in [-0.2, -0.15) is 4.98 Å². The topological polar surface area (TPSA) is 93.3 Å². The summed E-state index contributed by atoms with van der Waals surface area (Å²) in [5.74, 6) is 0.358. The highest BCUT2D eigenvalue weighted by Gasteiger charge is 2.24. The van der Waals surface area contributed by atoms with Gasteiger partial charge in [0, 0.05) is 19.1 Å². The van der Waals surface area contributed by atoms with E-state index in [1.807, 2.05) is 0 Å². The molecule has 3 aromatic heterocycles. The third-order valence-electron chi connectivity index (χ3n) is 5.66. The van der Waals surface area contributed by atoms with Gasteiger partial charge in [0.05, 0.1) is 6.26 Å². The monoisotopic (exact) mass is 413 g/mol. The van der Waals surface area contributed by atoms with E-state index in [4.69, 9.17) is 9.40 Å². The Kier molecular flexibility index (Phi) is 4.83. The lowest BCUT2D eigenvalue weighted by atomic mass is 10.2. The number of aromatic nitrogens is 3. The normalized spacial score (nSPS) is 17.4. The van der Waals surface area contributed by atoms with Gasteiger partial charge in [-0.15, -0.1) is 0 Å². The molecule has 0 unspecified atom stereocenters. The second-order valence-electron chi connectivity index (χ2n) is 7.70. The van der Waals surface area contributed by atoms with Gasteiger partial charge in [-0.1, -0.05) is 24.2 Å². The highest BCUT2D eigenvalue weighted by molar-refractivity contribution is 7.22. The number of carbonyl (C=O) groups is 1. The van der Waals surface area contributed by atoms with Crippen molar-refractivity contribution in [3.8, 4) is 11.5 Å². The minimum absolute atomic E-state index is 0.0428. The number of hydrogen-bond donors (Lipinski definition) is 1. The van der Waals surface area contributed by atoms with Gasteiger partial charge in [0.15, 0.2) is 10.9 Å². The first-order valence-corrected chi connectivity index (χ1v) is 11.0. The Morgan fingerprint density at radius 2 is 2.00 bits per heavy atom. The van der Waals surface area contributed by atoms with Crippen LogP contribution < -0.4 is 15.9 Å². The number of anilines is 1. The molecule has 1 saturated heterocycles. The molecule has 2 fully saturated rings. The summed E-state index contributed by atoms with van der Waals surface area (Å²) in [7, 11) is 0. The number of amides is 1. The van der Waals surface area contributed by atoms with Crippen LogP contribution in [0, 0.1) is 0 Å². The minimum Gasteiger partial charge on any atom is -0.463 e. The Labute approximate surface area is 171 Å². The fraction of sp³-hybridized carbons (Fsp3) is 0.500. The second kappa shape index (κ2) is 7.62. The van der Waals surface area contributed by atoms with E-state index in [9.17, 15) is 9.59 Å². The van der Waals surface area contributed by atoms with Crippen LogP contribution in [0.4, 0.5) is 5.13 Å². The van der Waals surface area contributed by atoms with E-state index in [0.29, 0.717) is 21.8 Å². The van der Waals surface area contributed by atoms with Gasteiger partial charge in [-0.3, -0.25) is 9.36 Å². The zero-order valence-corrected chi connectivity index (χ0v) is 16.9. The fourth-order valence-electron chi connectivity index (χ4n) is 4.19. The number of fused-ring (bicyclic) bond motifs is 1. The molecule has 4 heterocycles. The first kappa shape index (κ1) is 18.4. The molecule has 9 heteroatoms. The van der Waals surface area contributed by atoms with Crippen LogP contribution in [-0.4, -0.2) is 39.6 Å². The van der Waals surface area contributed by atoms with E-state index in [1.54, 1.807) is 18.4 Å². The van der Waals surface area contributed by atoms with E-state index in [-0.39, 0.29) is 18.5 Å². The molecule has 0 atom stereocenters. The molecule has 29 heavy (non-hydrogen) atoms. The molecule has 0 spiro atoms. The molecular formula is C20H23N5O3S. The predicted octanol–water partition coefficient (Wildman–Crippen LogP) is 2.77. The minimum atomic E-state index is -0.456. The zero-order chi connectivity index (χ0) is 19.8. The summed E-state index contributed by atoms with van der Waals surface area (Å²) in [5.41, 5.74) is 0.589. The third kappa shape index (κ3) is 3.55. The van der Waals surface area contributed by atoms with Crippen molar-refractivity contribution in [2.24, 2.45) is 0 Å². The van der Waals surface area contributed by atoms with Crippen LogP contribution in [0.15, 0.2) is 27.6 Å². The number of rotatable bonds is 5. The smallest absolute Gasteiger partial charge is 0.349 e. The molecule has 0 bridgehead atoms. The van der Waals surface area contributed by atoms with Crippen molar-refractivity contribution in [3.63, 3.8) is 0 Å². The second-order valence-corrected chi connectivity index (χ2v) is 8.66. The highest BCUT2D eigenvalue weighted by Crippen LogP contribution is 2.34. The highest BCUT2D eigenvalue weighted by atomic mass is 32.1. The summed E-state index contributed by atoms with van der Waals surface area (Å²) in [5, 5.41) is 3.92. The van der Waals surface area contributed by atoms with Crippen molar-refractivity contribution < 1.29 is 9.21 Å². The molecule has 1 saturated carbocycles. The van der Waals surface area contributed by atoms with Gasteiger partial charge in [0.1, 0.15) is 22.6 Å². The van der Waals surface area contributed by atoms with E-state index in [0.717, 1.165) is 56.7 Å². The molecule has 0 radical (unpaired) electrons. The fourth-order valence-corrected chi connectivity index (χ4v) is 5.30. The Balaban J connectivity index is 1.55. The van der Waals surface area contributed by atoms with Crippen LogP contribution in [0.1, 0.15) is 38.5 Å². The summed E-state index contributed by atoms with van der Waals surface area (Å²) >= 11 is 1.45. The van der Waals surface area contributed by atoms with Crippen molar-refractivity contribution in [1.29, 1.82) is 0 Å². The molecule has 1 amide bonds. The number of nitrogens with one attached hydrogen (secondary N) is 1. The standard InChI is InChI=1S/C20H23N5O3S/c26-15(21-13-6-1-2-7-13)12-25-18-17(23-20(29-18)24-9-3-4-10-24)16(22-19(25)27)14-8-5-11-28-14/h5,8,11,13H,1-4,6-7,9-10,12H2,(H,21,26). The zero-order valence-electron chi connectivity index (χ0n) is 16.1. The average molecular weight is 414 g/mol. The maximum Gasteiger partial charge on any atom is 0.349 e. The van der Waals surface area contributed by atoms with E-state index < -0.39 is 5.69 Å². The van der Waals surface area contributed by atoms with Gasteiger partial charge >= 0.3 is 5.69 Å². The van der Waals surface area contributed by atoms with Crippen molar-refractivity contribution in [2.45, 2.75) is 51.1 Å². The summed E-state index contributed by atoms with van der Waals surface area (Å²) in [6, 6.07) is 3.75. The SMILES string of the molecule is O=C(Cn1c(=O)nc(-c2ccco2)c2nc(N3CCCC3)sc21)NC1CCCC1. The molecule has 3 aromatic rings. The third-order valence-corrected chi connectivity index (χ3v) is 6.80. The van der Waals surface area contributed by atoms with Crippen LogP contribution in [0.2, 0.25) is 0 Å². The molecule has 0 aromatic carbocycles. The maximum atomic E-state index is 12.8. The quantitative estimate of drug-likeness (QED) is 0.691. The Hall–Kier alpha value is -2.68. The lowest BCUT2D eigenvalue weighted by Gasteiger charge is -2.13.